The van der Waals surface area contributed by atoms with Crippen LogP contribution in [0.3, 0.4) is 0 Å². The molecular formula is C26H26F3N5OS. The molecule has 1 atom stereocenters. The highest BCUT2D eigenvalue weighted by Crippen LogP contribution is 2.40. The smallest absolute Gasteiger partial charge is 0.329 e. The number of pyridine rings is 1. The van der Waals surface area contributed by atoms with E-state index in [-0.39, 0.29) is 22.6 Å². The summed E-state index contributed by atoms with van der Waals surface area (Å²) in [6, 6.07) is 9.77. The average molecular weight is 514 g/mol. The summed E-state index contributed by atoms with van der Waals surface area (Å²) < 4.78 is 38.2. The van der Waals surface area contributed by atoms with Crippen LogP contribution in [0.1, 0.15) is 43.7 Å². The number of hydrogen-bond donors (Lipinski definition) is 1. The molecule has 1 N–H and O–H groups in total. The lowest BCUT2D eigenvalue weighted by molar-refractivity contribution is -0.137. The van der Waals surface area contributed by atoms with E-state index in [0.717, 1.165) is 11.1 Å². The van der Waals surface area contributed by atoms with Crippen LogP contribution in [0.2, 0.25) is 0 Å². The maximum Gasteiger partial charge on any atom is 0.446 e. The largest absolute Gasteiger partial charge is 0.446 e. The Kier molecular flexibility index (Phi) is 7.35. The second kappa shape index (κ2) is 10.3. The Hall–Kier alpha value is -3.40. The van der Waals surface area contributed by atoms with Gasteiger partial charge in [0.05, 0.1) is 17.7 Å². The third-order valence-electron chi connectivity index (χ3n) is 6.34. The number of rotatable bonds is 6. The first kappa shape index (κ1) is 25.7. The summed E-state index contributed by atoms with van der Waals surface area (Å²) >= 11 is -0.164. The van der Waals surface area contributed by atoms with Crippen LogP contribution >= 0.6 is 11.8 Å². The number of amides is 1. The maximum absolute atomic E-state index is 13.9. The van der Waals surface area contributed by atoms with Gasteiger partial charge in [0.15, 0.2) is 0 Å². The average Bonchev–Trinajstić information content (AvgIpc) is 2.90. The predicted molar refractivity (Wildman–Crippen MR) is 134 cm³/mol. The number of carbonyl (C=O) groups excluding carboxylic acids is 1. The number of likely N-dealkylation sites (tertiary alicyclic amines) is 1. The number of benzene rings is 1. The zero-order chi connectivity index (χ0) is 25.9. The topological polar surface area (TPSA) is 71.0 Å². The van der Waals surface area contributed by atoms with Gasteiger partial charge in [0.25, 0.3) is 0 Å². The van der Waals surface area contributed by atoms with Gasteiger partial charge in [0.2, 0.25) is 5.91 Å². The molecule has 4 rings (SSSR count). The van der Waals surface area contributed by atoms with E-state index < -0.39 is 17.0 Å². The first-order chi connectivity index (χ1) is 17.0. The predicted octanol–water partition coefficient (Wildman–Crippen LogP) is 6.47. The third-order valence-corrected chi connectivity index (χ3v) is 7.08. The number of hydrogen-bond acceptors (Lipinski definition) is 6. The second-order valence-corrected chi connectivity index (χ2v) is 10.2. The van der Waals surface area contributed by atoms with Crippen LogP contribution < -0.4 is 5.32 Å². The number of nitrogens with zero attached hydrogens (tertiary/aromatic N) is 4. The van der Waals surface area contributed by atoms with E-state index in [9.17, 15) is 18.0 Å². The lowest BCUT2D eigenvalue weighted by atomic mass is 9.90. The van der Waals surface area contributed by atoms with Crippen LogP contribution in [-0.4, -0.2) is 36.8 Å². The summed E-state index contributed by atoms with van der Waals surface area (Å²) in [5, 5.41) is 3.10. The van der Waals surface area contributed by atoms with Crippen molar-refractivity contribution in [2.75, 3.05) is 5.32 Å². The highest BCUT2D eigenvalue weighted by atomic mass is 32.2. The van der Waals surface area contributed by atoms with Gasteiger partial charge in [0.1, 0.15) is 11.6 Å². The Bertz CT molecular complexity index is 1230. The Morgan fingerprint density at radius 1 is 1.11 bits per heavy atom. The maximum atomic E-state index is 13.9. The van der Waals surface area contributed by atoms with Gasteiger partial charge in [0, 0.05) is 30.0 Å². The molecule has 1 amide bonds. The highest BCUT2D eigenvalue weighted by Gasteiger charge is 2.40. The van der Waals surface area contributed by atoms with E-state index in [4.69, 9.17) is 0 Å². The Balaban J connectivity index is 1.58. The van der Waals surface area contributed by atoms with Crippen LogP contribution in [0, 0.1) is 0 Å². The van der Waals surface area contributed by atoms with Crippen LogP contribution in [-0.2, 0) is 11.3 Å². The minimum absolute atomic E-state index is 0.0879. The van der Waals surface area contributed by atoms with Crippen molar-refractivity contribution < 1.29 is 18.0 Å². The summed E-state index contributed by atoms with van der Waals surface area (Å²) in [6.07, 6.45) is 7.57. The van der Waals surface area contributed by atoms with E-state index in [1.807, 2.05) is 26.0 Å². The van der Waals surface area contributed by atoms with Crippen molar-refractivity contribution in [2.24, 2.45) is 0 Å². The van der Waals surface area contributed by atoms with Crippen molar-refractivity contribution >= 4 is 29.3 Å². The van der Waals surface area contributed by atoms with Crippen LogP contribution in [0.25, 0.3) is 0 Å². The van der Waals surface area contributed by atoms with Gasteiger partial charge in [-0.3, -0.25) is 9.78 Å². The molecule has 1 fully saturated rings. The molecule has 3 aromatic rings. The van der Waals surface area contributed by atoms with E-state index in [1.165, 1.54) is 12.1 Å². The Labute approximate surface area is 212 Å². The van der Waals surface area contributed by atoms with Crippen molar-refractivity contribution in [3.05, 3.63) is 84.5 Å². The number of carbonyl (C=O) groups is 1. The van der Waals surface area contributed by atoms with Gasteiger partial charge >= 0.3 is 5.51 Å². The quantitative estimate of drug-likeness (QED) is 0.301. The van der Waals surface area contributed by atoms with Crippen LogP contribution in [0.4, 0.5) is 24.8 Å². The van der Waals surface area contributed by atoms with Gasteiger partial charge < -0.3 is 10.2 Å². The minimum atomic E-state index is -4.36. The SMILES string of the molecule is C=C1CCC(c2ccc(SC(F)(F)F)cc2)C(=O)N(Cc2ccnc(Nc3cnccn3)c2)C1(C)C. The molecule has 1 aromatic carbocycles. The first-order valence-corrected chi connectivity index (χ1v) is 12.2. The first-order valence-electron chi connectivity index (χ1n) is 11.4. The molecule has 1 aliphatic rings. The molecule has 0 saturated carbocycles. The van der Waals surface area contributed by atoms with Crippen molar-refractivity contribution in [3.63, 3.8) is 0 Å². The fourth-order valence-electron chi connectivity index (χ4n) is 4.21. The fourth-order valence-corrected chi connectivity index (χ4v) is 4.75. The van der Waals surface area contributed by atoms with Gasteiger partial charge in [-0.15, -0.1) is 0 Å². The molecule has 1 saturated heterocycles. The molecule has 0 aliphatic carbocycles. The number of thioether (sulfide) groups is 1. The molecule has 36 heavy (non-hydrogen) atoms. The molecule has 0 spiro atoms. The third kappa shape index (κ3) is 6.04. The zero-order valence-electron chi connectivity index (χ0n) is 19.9. The van der Waals surface area contributed by atoms with Gasteiger partial charge in [-0.2, -0.15) is 13.2 Å². The van der Waals surface area contributed by atoms with E-state index in [0.29, 0.717) is 36.6 Å². The second-order valence-electron chi connectivity index (χ2n) is 9.06. The minimum Gasteiger partial charge on any atom is -0.329 e. The standard InChI is InChI=1S/C26H26F3N5OS/c1-17-4-9-21(19-5-7-20(8-6-19)36-26(27,28)29)24(35)34(25(17,2)3)16-18-10-11-31-22(14-18)33-23-15-30-12-13-32-23/h5-8,10-15,21H,1,4,9,16H2,2-3H3,(H,31,32,33). The van der Waals surface area contributed by atoms with E-state index >= 15 is 0 Å². The monoisotopic (exact) mass is 513 g/mol. The number of alkyl halides is 3. The molecule has 1 aliphatic heterocycles. The Morgan fingerprint density at radius 2 is 1.83 bits per heavy atom. The lowest BCUT2D eigenvalue weighted by Gasteiger charge is -2.39. The molecule has 2 aromatic heterocycles. The number of anilines is 2. The number of halogens is 3. The van der Waals surface area contributed by atoms with Crippen molar-refractivity contribution in [3.8, 4) is 0 Å². The molecule has 1 unspecified atom stereocenters. The summed E-state index contributed by atoms with van der Waals surface area (Å²) in [4.78, 5) is 28.3. The molecule has 0 bridgehead atoms. The van der Waals surface area contributed by atoms with Crippen LogP contribution in [0.15, 0.2) is 78.2 Å². The van der Waals surface area contributed by atoms with Crippen molar-refractivity contribution in [1.29, 1.82) is 0 Å². The molecule has 10 heteroatoms. The van der Waals surface area contributed by atoms with Crippen LogP contribution in [0.5, 0.6) is 0 Å². The van der Waals surface area contributed by atoms with Gasteiger partial charge in [-0.05, 0) is 73.8 Å². The molecule has 6 nitrogen and oxygen atoms in total. The lowest BCUT2D eigenvalue weighted by Crippen LogP contribution is -2.48. The fraction of sp³-hybridized carbons (Fsp3) is 0.308. The zero-order valence-corrected chi connectivity index (χ0v) is 20.7. The van der Waals surface area contributed by atoms with Crippen molar-refractivity contribution in [2.45, 2.75) is 55.1 Å². The summed E-state index contributed by atoms with van der Waals surface area (Å²) in [6.45, 7) is 8.51. The van der Waals surface area contributed by atoms with Crippen molar-refractivity contribution in [1.82, 2.24) is 19.9 Å². The number of nitrogens with one attached hydrogen (secondary N) is 1. The summed E-state index contributed by atoms with van der Waals surface area (Å²) in [7, 11) is 0. The van der Waals surface area contributed by atoms with Gasteiger partial charge in [-0.1, -0.05) is 24.3 Å². The summed E-state index contributed by atoms with van der Waals surface area (Å²) in [5.41, 5.74) is -2.48. The molecule has 188 valence electrons. The van der Waals surface area contributed by atoms with E-state index in [1.54, 1.807) is 41.8 Å². The highest BCUT2D eigenvalue weighted by molar-refractivity contribution is 8.00. The van der Waals surface area contributed by atoms with E-state index in [2.05, 4.69) is 26.8 Å². The normalized spacial score (nSPS) is 18.1. The molecule has 3 heterocycles. The summed E-state index contributed by atoms with van der Waals surface area (Å²) in [5.74, 6) is 0.553. The van der Waals surface area contributed by atoms with Gasteiger partial charge in [-0.25, -0.2) is 9.97 Å². The molecule has 0 radical (unpaired) electrons. The Morgan fingerprint density at radius 3 is 2.50 bits per heavy atom. The number of aromatic nitrogens is 3. The molecular weight excluding hydrogens is 487 g/mol.